The van der Waals surface area contributed by atoms with Crippen LogP contribution in [0.15, 0.2) is 30.3 Å². The Morgan fingerprint density at radius 1 is 1.15 bits per heavy atom. The van der Waals surface area contributed by atoms with Crippen LogP contribution in [0.5, 0.6) is 0 Å². The van der Waals surface area contributed by atoms with Crippen molar-refractivity contribution in [2.45, 2.75) is 31.6 Å². The van der Waals surface area contributed by atoms with E-state index < -0.39 is 0 Å². The molecule has 2 atom stereocenters. The van der Waals surface area contributed by atoms with Crippen molar-refractivity contribution < 1.29 is 9.59 Å². The molecule has 2 aliphatic heterocycles. The summed E-state index contributed by atoms with van der Waals surface area (Å²) in [6.07, 6.45) is 3.90. The van der Waals surface area contributed by atoms with E-state index in [0.29, 0.717) is 18.4 Å². The first-order valence-corrected chi connectivity index (χ1v) is 9.90. The molecule has 1 aromatic rings. The Bertz CT molecular complexity index is 667. The summed E-state index contributed by atoms with van der Waals surface area (Å²) < 4.78 is 0. The first-order chi connectivity index (χ1) is 12.6. The predicted octanol–water partition coefficient (Wildman–Crippen LogP) is 1.85. The lowest BCUT2D eigenvalue weighted by Crippen LogP contribution is -2.46. The number of hydrogen-bond donors (Lipinski definition) is 1. The summed E-state index contributed by atoms with van der Waals surface area (Å²) >= 11 is 0. The van der Waals surface area contributed by atoms with Crippen LogP contribution in [0.4, 0.5) is 0 Å². The van der Waals surface area contributed by atoms with Crippen molar-refractivity contribution in [3.05, 3.63) is 35.9 Å². The van der Waals surface area contributed by atoms with E-state index in [-0.39, 0.29) is 17.2 Å². The number of likely N-dealkylation sites (tertiary alicyclic amines) is 2. The molecule has 1 aromatic carbocycles. The predicted molar refractivity (Wildman–Crippen MR) is 101 cm³/mol. The lowest BCUT2D eigenvalue weighted by molar-refractivity contribution is -0.137. The van der Waals surface area contributed by atoms with Crippen LogP contribution < -0.4 is 5.32 Å². The van der Waals surface area contributed by atoms with Gasteiger partial charge in [-0.2, -0.15) is 0 Å². The molecular formula is C21H29N3O2. The van der Waals surface area contributed by atoms with Gasteiger partial charge in [-0.1, -0.05) is 30.3 Å². The number of nitrogens with one attached hydrogen (secondary N) is 1. The second-order valence-electron chi connectivity index (χ2n) is 8.25. The van der Waals surface area contributed by atoms with Gasteiger partial charge in [0.1, 0.15) is 0 Å². The van der Waals surface area contributed by atoms with Crippen molar-refractivity contribution in [3.63, 3.8) is 0 Å². The van der Waals surface area contributed by atoms with Gasteiger partial charge in [-0.25, -0.2) is 0 Å². The van der Waals surface area contributed by atoms with Gasteiger partial charge in [-0.05, 0) is 50.3 Å². The maximum absolute atomic E-state index is 12.4. The summed E-state index contributed by atoms with van der Waals surface area (Å²) in [5, 5.41) is 3.11. The molecule has 26 heavy (non-hydrogen) atoms. The molecule has 0 unspecified atom stereocenters. The highest BCUT2D eigenvalue weighted by Gasteiger charge is 2.47. The maximum Gasteiger partial charge on any atom is 0.228 e. The molecule has 1 saturated carbocycles. The van der Waals surface area contributed by atoms with Crippen molar-refractivity contribution in [2.24, 2.45) is 11.3 Å². The van der Waals surface area contributed by atoms with Crippen LogP contribution in [0.3, 0.4) is 0 Å². The van der Waals surface area contributed by atoms with E-state index in [1.165, 1.54) is 5.56 Å². The highest BCUT2D eigenvalue weighted by molar-refractivity contribution is 5.84. The van der Waals surface area contributed by atoms with Crippen LogP contribution in [0.1, 0.15) is 37.2 Å². The fourth-order valence-corrected chi connectivity index (χ4v) is 4.69. The molecule has 1 aliphatic carbocycles. The first kappa shape index (κ1) is 17.5. The number of amides is 2. The van der Waals surface area contributed by atoms with Crippen LogP contribution in [0.25, 0.3) is 0 Å². The van der Waals surface area contributed by atoms with Gasteiger partial charge in [-0.3, -0.25) is 9.59 Å². The third kappa shape index (κ3) is 3.37. The molecule has 1 spiro atoms. The highest BCUT2D eigenvalue weighted by Crippen LogP contribution is 2.47. The molecule has 140 valence electrons. The van der Waals surface area contributed by atoms with Gasteiger partial charge >= 0.3 is 0 Å². The third-order valence-electron chi connectivity index (χ3n) is 6.62. The van der Waals surface area contributed by atoms with E-state index in [4.69, 9.17) is 0 Å². The van der Waals surface area contributed by atoms with Gasteiger partial charge in [0.2, 0.25) is 11.8 Å². The van der Waals surface area contributed by atoms with Gasteiger partial charge in [0.15, 0.2) is 0 Å². The van der Waals surface area contributed by atoms with Crippen molar-refractivity contribution in [1.29, 1.82) is 0 Å². The number of piperidine rings is 1. The van der Waals surface area contributed by atoms with Crippen LogP contribution in [0.2, 0.25) is 0 Å². The average Bonchev–Trinajstić information content (AvgIpc) is 3.43. The third-order valence-corrected chi connectivity index (χ3v) is 6.62. The smallest absolute Gasteiger partial charge is 0.228 e. The topological polar surface area (TPSA) is 52.6 Å². The molecule has 0 radical (unpaired) electrons. The number of hydrogen-bond acceptors (Lipinski definition) is 3. The summed E-state index contributed by atoms with van der Waals surface area (Å²) in [5.74, 6) is 1.08. The van der Waals surface area contributed by atoms with Gasteiger partial charge in [0, 0.05) is 32.6 Å². The van der Waals surface area contributed by atoms with Crippen LogP contribution in [0, 0.1) is 11.3 Å². The monoisotopic (exact) mass is 355 g/mol. The first-order valence-electron chi connectivity index (χ1n) is 9.90. The Kier molecular flexibility index (Phi) is 4.74. The van der Waals surface area contributed by atoms with Gasteiger partial charge < -0.3 is 15.1 Å². The Hall–Kier alpha value is -1.88. The minimum absolute atomic E-state index is 0.0918. The zero-order chi connectivity index (χ0) is 18.1. The molecule has 2 saturated heterocycles. The number of nitrogens with zero attached hydrogens (tertiary/aromatic N) is 2. The molecule has 4 rings (SSSR count). The van der Waals surface area contributed by atoms with Crippen LogP contribution in [-0.2, 0) is 9.59 Å². The number of benzene rings is 1. The molecule has 0 bridgehead atoms. The minimum Gasteiger partial charge on any atom is -0.355 e. The maximum atomic E-state index is 12.4. The van der Waals surface area contributed by atoms with Crippen molar-refractivity contribution in [1.82, 2.24) is 15.1 Å². The Morgan fingerprint density at radius 2 is 1.85 bits per heavy atom. The minimum atomic E-state index is -0.0918. The van der Waals surface area contributed by atoms with Crippen LogP contribution in [-0.4, -0.2) is 61.4 Å². The summed E-state index contributed by atoms with van der Waals surface area (Å²) in [4.78, 5) is 29.0. The van der Waals surface area contributed by atoms with E-state index in [1.807, 2.05) is 30.1 Å². The summed E-state index contributed by atoms with van der Waals surface area (Å²) in [7, 11) is 1.92. The van der Waals surface area contributed by atoms with Crippen LogP contribution >= 0.6 is 0 Å². The number of carbonyl (C=O) groups excluding carboxylic acids is 2. The second-order valence-corrected chi connectivity index (χ2v) is 8.25. The van der Waals surface area contributed by atoms with E-state index >= 15 is 0 Å². The lowest BCUT2D eigenvalue weighted by Gasteiger charge is -2.37. The van der Waals surface area contributed by atoms with Gasteiger partial charge in [0.25, 0.3) is 0 Å². The number of rotatable bonds is 5. The fraction of sp³-hybridized carbons (Fsp3) is 0.619. The van der Waals surface area contributed by atoms with Gasteiger partial charge in [0.05, 0.1) is 5.41 Å². The Morgan fingerprint density at radius 3 is 2.50 bits per heavy atom. The zero-order valence-corrected chi connectivity index (χ0v) is 15.6. The zero-order valence-electron chi connectivity index (χ0n) is 15.6. The van der Waals surface area contributed by atoms with E-state index in [2.05, 4.69) is 22.3 Å². The average molecular weight is 355 g/mol. The second kappa shape index (κ2) is 7.03. The van der Waals surface area contributed by atoms with Crippen molar-refractivity contribution >= 4 is 11.8 Å². The standard InChI is InChI=1S/C21H29N3O2/c1-23-11-7-21(20(23)26)8-12-24(13-9-21)14-10-22-19(25)18-15-17(18)16-5-3-2-4-6-16/h2-6,17-18H,7-15H2,1H3,(H,22,25)/t17-,18+/m1/s1. The molecule has 3 aliphatic rings. The lowest BCUT2D eigenvalue weighted by atomic mass is 9.77. The molecule has 5 heteroatoms. The normalized spacial score (nSPS) is 27.7. The summed E-state index contributed by atoms with van der Waals surface area (Å²) in [5.41, 5.74) is 1.19. The van der Waals surface area contributed by atoms with E-state index in [9.17, 15) is 9.59 Å². The van der Waals surface area contributed by atoms with Gasteiger partial charge in [-0.15, -0.1) is 0 Å². The summed E-state index contributed by atoms with van der Waals surface area (Å²) in [6.45, 7) is 4.42. The number of carbonyl (C=O) groups is 2. The molecular weight excluding hydrogens is 326 g/mol. The Labute approximate surface area is 155 Å². The van der Waals surface area contributed by atoms with Crippen molar-refractivity contribution in [3.8, 4) is 0 Å². The summed E-state index contributed by atoms with van der Waals surface area (Å²) in [6, 6.07) is 10.3. The van der Waals surface area contributed by atoms with E-state index in [0.717, 1.165) is 51.9 Å². The Balaban J connectivity index is 1.17. The fourth-order valence-electron chi connectivity index (χ4n) is 4.69. The SMILES string of the molecule is CN1CCC2(CCN(CCNC(=O)[C@H]3C[C@@H]3c3ccccc3)CC2)C1=O. The molecule has 1 N–H and O–H groups in total. The molecule has 0 aromatic heterocycles. The molecule has 2 amide bonds. The van der Waals surface area contributed by atoms with Crippen molar-refractivity contribution in [2.75, 3.05) is 39.8 Å². The largest absolute Gasteiger partial charge is 0.355 e. The van der Waals surface area contributed by atoms with E-state index in [1.54, 1.807) is 0 Å². The molecule has 3 fully saturated rings. The quantitative estimate of drug-likeness (QED) is 0.877. The molecule has 2 heterocycles. The molecule has 5 nitrogen and oxygen atoms in total. The highest BCUT2D eigenvalue weighted by atomic mass is 16.2.